The summed E-state index contributed by atoms with van der Waals surface area (Å²) in [5.41, 5.74) is 5.55. The van der Waals surface area contributed by atoms with Crippen molar-refractivity contribution in [2.45, 2.75) is 13.3 Å². The number of carboxylic acid groups (broad SMARTS) is 1. The quantitative estimate of drug-likeness (QED) is 0.509. The molecule has 0 saturated heterocycles. The van der Waals surface area contributed by atoms with E-state index >= 15 is 0 Å². The molecule has 0 aliphatic heterocycles. The number of rotatable bonds is 2. The predicted octanol–water partition coefficient (Wildman–Crippen LogP) is 0.324. The fraction of sp³-hybridized carbons (Fsp3) is 0.400. The Balaban J connectivity index is 3.75. The van der Waals surface area contributed by atoms with E-state index in [2.05, 4.69) is 0 Å². The average molecular weight is 115 g/mol. The summed E-state index contributed by atoms with van der Waals surface area (Å²) in [6.07, 6.45) is 1.59. The summed E-state index contributed by atoms with van der Waals surface area (Å²) in [6.45, 7) is 1.80. The lowest BCUT2D eigenvalue weighted by atomic mass is 10.3. The van der Waals surface area contributed by atoms with Crippen molar-refractivity contribution < 1.29 is 9.90 Å². The second kappa shape index (κ2) is 3.07. The Labute approximate surface area is 47.8 Å². The number of hydrogen-bond donors (Lipinski definition) is 2. The van der Waals surface area contributed by atoms with Gasteiger partial charge in [0.1, 0.15) is 0 Å². The van der Waals surface area contributed by atoms with Crippen LogP contribution in [0.3, 0.4) is 0 Å². The van der Waals surface area contributed by atoms with E-state index in [9.17, 15) is 4.79 Å². The van der Waals surface area contributed by atoms with Gasteiger partial charge >= 0.3 is 5.97 Å². The fourth-order valence-corrected chi connectivity index (χ4v) is 0.261. The molecular weight excluding hydrogens is 106 g/mol. The molecule has 0 saturated carbocycles. The maximum absolute atomic E-state index is 9.81. The summed E-state index contributed by atoms with van der Waals surface area (Å²) < 4.78 is 0. The molecule has 0 rings (SSSR count). The first kappa shape index (κ1) is 7.01. The van der Waals surface area contributed by atoms with E-state index in [0.29, 0.717) is 12.1 Å². The van der Waals surface area contributed by atoms with Crippen LogP contribution in [-0.4, -0.2) is 11.1 Å². The van der Waals surface area contributed by atoms with Crippen molar-refractivity contribution in [1.82, 2.24) is 0 Å². The minimum Gasteiger partial charge on any atom is -0.478 e. The molecule has 0 unspecified atom stereocenters. The van der Waals surface area contributed by atoms with Gasteiger partial charge in [-0.3, -0.25) is 0 Å². The van der Waals surface area contributed by atoms with Crippen LogP contribution in [0.15, 0.2) is 11.8 Å². The van der Waals surface area contributed by atoms with Crippen molar-refractivity contribution >= 4 is 5.97 Å². The van der Waals surface area contributed by atoms with E-state index in [4.69, 9.17) is 10.8 Å². The molecular formula is C5H9NO2. The maximum Gasteiger partial charge on any atom is 0.330 e. The Morgan fingerprint density at radius 3 is 2.50 bits per heavy atom. The Morgan fingerprint density at radius 2 is 2.38 bits per heavy atom. The highest BCUT2D eigenvalue weighted by molar-refractivity contribution is 5.80. The van der Waals surface area contributed by atoms with Crippen LogP contribution in [0.5, 0.6) is 0 Å². The molecule has 0 heterocycles. The van der Waals surface area contributed by atoms with Gasteiger partial charge in [-0.15, -0.1) is 0 Å². The summed E-state index contributed by atoms with van der Waals surface area (Å²) in [7, 11) is 0. The molecule has 0 amide bonds. The van der Waals surface area contributed by atoms with Crippen LogP contribution in [0.1, 0.15) is 13.3 Å². The highest BCUT2D eigenvalue weighted by Gasteiger charge is 1.88. The van der Waals surface area contributed by atoms with Crippen LogP contribution >= 0.6 is 0 Å². The molecule has 0 aliphatic carbocycles. The third-order valence-corrected chi connectivity index (χ3v) is 0.717. The van der Waals surface area contributed by atoms with Gasteiger partial charge in [0.05, 0.1) is 0 Å². The van der Waals surface area contributed by atoms with Crippen molar-refractivity contribution in [3.05, 3.63) is 11.8 Å². The minimum absolute atomic E-state index is 0.400. The van der Waals surface area contributed by atoms with Gasteiger partial charge in [0.25, 0.3) is 0 Å². The van der Waals surface area contributed by atoms with Crippen LogP contribution in [-0.2, 0) is 4.79 Å². The molecule has 0 atom stereocenters. The largest absolute Gasteiger partial charge is 0.478 e. The molecule has 0 spiro atoms. The van der Waals surface area contributed by atoms with Gasteiger partial charge < -0.3 is 10.8 Å². The number of hydrogen-bond acceptors (Lipinski definition) is 2. The zero-order valence-corrected chi connectivity index (χ0v) is 4.72. The van der Waals surface area contributed by atoms with Gasteiger partial charge in [-0.1, -0.05) is 6.92 Å². The summed E-state index contributed by atoms with van der Waals surface area (Å²) >= 11 is 0. The third-order valence-electron chi connectivity index (χ3n) is 0.717. The van der Waals surface area contributed by atoms with Gasteiger partial charge in [-0.25, -0.2) is 4.79 Å². The van der Waals surface area contributed by atoms with Gasteiger partial charge in [-0.2, -0.15) is 0 Å². The van der Waals surface area contributed by atoms with Crippen LogP contribution in [0.25, 0.3) is 0 Å². The van der Waals surface area contributed by atoms with E-state index in [1.807, 2.05) is 0 Å². The topological polar surface area (TPSA) is 63.3 Å². The van der Waals surface area contributed by atoms with Crippen molar-refractivity contribution in [1.29, 1.82) is 0 Å². The zero-order chi connectivity index (χ0) is 6.57. The highest BCUT2D eigenvalue weighted by Crippen LogP contribution is 1.87. The van der Waals surface area contributed by atoms with Gasteiger partial charge in [0, 0.05) is 11.8 Å². The second-order valence-electron chi connectivity index (χ2n) is 1.41. The minimum atomic E-state index is -0.982. The molecule has 0 fully saturated rings. The molecule has 3 heteroatoms. The van der Waals surface area contributed by atoms with Gasteiger partial charge in [0.2, 0.25) is 0 Å². The van der Waals surface area contributed by atoms with Crippen molar-refractivity contribution in [3.8, 4) is 0 Å². The van der Waals surface area contributed by atoms with E-state index < -0.39 is 5.97 Å². The fourth-order valence-electron chi connectivity index (χ4n) is 0.261. The van der Waals surface area contributed by atoms with Crippen molar-refractivity contribution in [2.24, 2.45) is 5.73 Å². The zero-order valence-electron chi connectivity index (χ0n) is 4.72. The standard InChI is InChI=1S/C5H9NO2/c1-2-4(6)3-5(7)8/h3H,2,6H2,1H3,(H,7,8)/b4-3+. The molecule has 0 aliphatic rings. The van der Waals surface area contributed by atoms with Crippen molar-refractivity contribution in [3.63, 3.8) is 0 Å². The second-order valence-corrected chi connectivity index (χ2v) is 1.41. The van der Waals surface area contributed by atoms with Crippen molar-refractivity contribution in [2.75, 3.05) is 0 Å². The smallest absolute Gasteiger partial charge is 0.330 e. The van der Waals surface area contributed by atoms with E-state index in [1.54, 1.807) is 6.92 Å². The lowest BCUT2D eigenvalue weighted by Crippen LogP contribution is -1.99. The number of carbonyl (C=O) groups is 1. The Hall–Kier alpha value is -0.990. The first-order valence-corrected chi connectivity index (χ1v) is 2.35. The van der Waals surface area contributed by atoms with E-state index in [0.717, 1.165) is 6.08 Å². The van der Waals surface area contributed by atoms with Crippen LogP contribution in [0.4, 0.5) is 0 Å². The summed E-state index contributed by atoms with van der Waals surface area (Å²) in [5, 5.41) is 8.06. The molecule has 3 nitrogen and oxygen atoms in total. The lowest BCUT2D eigenvalue weighted by Gasteiger charge is -1.88. The van der Waals surface area contributed by atoms with Gasteiger partial charge in [-0.05, 0) is 6.42 Å². The monoisotopic (exact) mass is 115 g/mol. The Morgan fingerprint density at radius 1 is 1.88 bits per heavy atom. The molecule has 0 bridgehead atoms. The Bertz CT molecular complexity index is 118. The summed E-state index contributed by atoms with van der Waals surface area (Å²) in [6, 6.07) is 0. The highest BCUT2D eigenvalue weighted by atomic mass is 16.4. The summed E-state index contributed by atoms with van der Waals surface area (Å²) in [5.74, 6) is -0.982. The first-order valence-electron chi connectivity index (χ1n) is 2.35. The number of aliphatic carboxylic acids is 1. The normalized spacial score (nSPS) is 11.4. The number of nitrogens with two attached hydrogens (primary N) is 1. The summed E-state index contributed by atoms with van der Waals surface area (Å²) in [4.78, 5) is 9.81. The molecule has 8 heavy (non-hydrogen) atoms. The van der Waals surface area contributed by atoms with Gasteiger partial charge in [0.15, 0.2) is 0 Å². The number of allylic oxidation sites excluding steroid dienone is 1. The third kappa shape index (κ3) is 3.21. The lowest BCUT2D eigenvalue weighted by molar-refractivity contribution is -0.131. The molecule has 0 radical (unpaired) electrons. The van der Waals surface area contributed by atoms with Crippen LogP contribution in [0.2, 0.25) is 0 Å². The molecule has 46 valence electrons. The molecule has 0 aromatic rings. The average Bonchev–Trinajstić information content (AvgIpc) is 1.65. The first-order chi connectivity index (χ1) is 3.66. The molecule has 0 aromatic heterocycles. The molecule has 0 aromatic carbocycles. The van der Waals surface area contributed by atoms with Crippen LogP contribution in [0, 0.1) is 0 Å². The SMILES string of the molecule is CC/C(N)=C\C(=O)O. The number of carboxylic acids is 1. The van der Waals surface area contributed by atoms with Crippen LogP contribution < -0.4 is 5.73 Å². The van der Waals surface area contributed by atoms with E-state index in [-0.39, 0.29) is 0 Å². The predicted molar refractivity (Wildman–Crippen MR) is 30.2 cm³/mol. The molecule has 3 N–H and O–H groups in total. The Kier molecular flexibility index (Phi) is 2.69. The van der Waals surface area contributed by atoms with E-state index in [1.165, 1.54) is 0 Å². The maximum atomic E-state index is 9.81.